The summed E-state index contributed by atoms with van der Waals surface area (Å²) in [6.45, 7) is 1.49. The molecule has 3 aromatic heterocycles. The third-order valence-corrected chi connectivity index (χ3v) is 6.13. The topological polar surface area (TPSA) is 112 Å². The van der Waals surface area contributed by atoms with Gasteiger partial charge in [-0.3, -0.25) is 0 Å². The number of benzene rings is 2. The van der Waals surface area contributed by atoms with E-state index in [9.17, 15) is 8.78 Å². The minimum absolute atomic E-state index is 0.00814. The van der Waals surface area contributed by atoms with E-state index < -0.39 is 18.6 Å². The summed E-state index contributed by atoms with van der Waals surface area (Å²) in [4.78, 5) is 21.2. The lowest BCUT2D eigenvalue weighted by atomic mass is 10.2. The Morgan fingerprint density at radius 3 is 2.78 bits per heavy atom. The Hall–Kier alpha value is -4.45. The molecule has 1 saturated heterocycles. The summed E-state index contributed by atoms with van der Waals surface area (Å²) in [6, 6.07) is 11.2. The number of ether oxygens (including phenoxy) is 2. The van der Waals surface area contributed by atoms with E-state index in [-0.39, 0.29) is 12.6 Å². The van der Waals surface area contributed by atoms with Crippen LogP contribution < -0.4 is 20.1 Å². The van der Waals surface area contributed by atoms with Crippen molar-refractivity contribution in [2.75, 3.05) is 18.4 Å². The molecular formula is C25H22F2N8O2. The molecule has 1 atom stereocenters. The number of rotatable bonds is 6. The molecule has 1 aliphatic rings. The summed E-state index contributed by atoms with van der Waals surface area (Å²) in [7, 11) is 1.94. The van der Waals surface area contributed by atoms with Crippen molar-refractivity contribution in [3.63, 3.8) is 0 Å². The molecule has 0 radical (unpaired) electrons. The summed E-state index contributed by atoms with van der Waals surface area (Å²) in [5, 5.41) is 5.83. The van der Waals surface area contributed by atoms with Gasteiger partial charge in [-0.1, -0.05) is 0 Å². The van der Waals surface area contributed by atoms with Crippen LogP contribution in [0.5, 0.6) is 17.5 Å². The number of anilines is 2. The zero-order valence-electron chi connectivity index (χ0n) is 19.9. The van der Waals surface area contributed by atoms with Gasteiger partial charge in [0.25, 0.3) is 5.92 Å². The Morgan fingerprint density at radius 2 is 1.97 bits per heavy atom. The average Bonchev–Trinajstić information content (AvgIpc) is 3.41. The van der Waals surface area contributed by atoms with Crippen LogP contribution in [0.4, 0.5) is 20.3 Å². The van der Waals surface area contributed by atoms with Crippen molar-refractivity contribution in [2.45, 2.75) is 19.0 Å². The second-order valence-electron chi connectivity index (χ2n) is 8.82. The van der Waals surface area contributed by atoms with Crippen molar-refractivity contribution in [2.24, 2.45) is 7.05 Å². The van der Waals surface area contributed by atoms with Crippen LogP contribution in [-0.4, -0.2) is 54.6 Å². The third kappa shape index (κ3) is 4.47. The molecule has 0 aliphatic carbocycles. The maximum absolute atomic E-state index is 14.0. The highest BCUT2D eigenvalue weighted by Crippen LogP contribution is 2.31. The summed E-state index contributed by atoms with van der Waals surface area (Å²) in [5.41, 5.74) is 4.29. The number of hydrogen-bond donors (Lipinski definition) is 2. The van der Waals surface area contributed by atoms with Gasteiger partial charge >= 0.3 is 6.01 Å². The predicted octanol–water partition coefficient (Wildman–Crippen LogP) is 4.14. The molecule has 2 N–H and O–H groups in total. The number of nitrogens with one attached hydrogen (secondary N) is 2. The highest BCUT2D eigenvalue weighted by Gasteiger charge is 2.46. The van der Waals surface area contributed by atoms with Gasteiger partial charge in [-0.05, 0) is 42.8 Å². The van der Waals surface area contributed by atoms with E-state index in [2.05, 4.69) is 35.6 Å². The largest absolute Gasteiger partial charge is 0.457 e. The summed E-state index contributed by atoms with van der Waals surface area (Å²) in [6.07, 6.45) is 3.21. The van der Waals surface area contributed by atoms with Crippen molar-refractivity contribution in [1.82, 2.24) is 34.8 Å². The number of aromatic nitrogens is 6. The second-order valence-corrected chi connectivity index (χ2v) is 8.82. The number of halogens is 2. The van der Waals surface area contributed by atoms with Crippen LogP contribution in [0, 0.1) is 6.92 Å². The molecule has 1 aliphatic heterocycles. The van der Waals surface area contributed by atoms with Crippen LogP contribution in [0.1, 0.15) is 5.56 Å². The monoisotopic (exact) mass is 504 g/mol. The van der Waals surface area contributed by atoms with Crippen LogP contribution in [0.3, 0.4) is 0 Å². The molecule has 37 heavy (non-hydrogen) atoms. The molecule has 0 spiro atoms. The SMILES string of the molecule is Cc1cc(Nc2ncnc3cnc(O[C@@H]4CNCC4(F)F)nc23)ccc1Oc1ccc2c(c1)ncn2C. The summed E-state index contributed by atoms with van der Waals surface area (Å²) >= 11 is 0. The van der Waals surface area contributed by atoms with Gasteiger partial charge in [0.2, 0.25) is 0 Å². The first-order valence-electron chi connectivity index (χ1n) is 11.6. The van der Waals surface area contributed by atoms with Gasteiger partial charge < -0.3 is 24.7 Å². The Kier molecular flexibility index (Phi) is 5.52. The minimum Gasteiger partial charge on any atom is -0.457 e. The van der Waals surface area contributed by atoms with Crippen LogP contribution in [0.25, 0.3) is 22.1 Å². The molecule has 5 aromatic rings. The molecule has 0 unspecified atom stereocenters. The lowest BCUT2D eigenvalue weighted by Gasteiger charge is -2.18. The summed E-state index contributed by atoms with van der Waals surface area (Å²) in [5.74, 6) is -1.24. The molecule has 10 nitrogen and oxygen atoms in total. The van der Waals surface area contributed by atoms with Crippen LogP contribution in [-0.2, 0) is 7.05 Å². The maximum atomic E-state index is 14.0. The lowest BCUT2D eigenvalue weighted by molar-refractivity contribution is -0.0627. The van der Waals surface area contributed by atoms with Crippen molar-refractivity contribution < 1.29 is 18.3 Å². The first-order chi connectivity index (χ1) is 17.9. The Balaban J connectivity index is 1.23. The molecule has 1 fully saturated rings. The van der Waals surface area contributed by atoms with Gasteiger partial charge in [-0.2, -0.15) is 4.98 Å². The number of aryl methyl sites for hydroxylation is 2. The highest BCUT2D eigenvalue weighted by atomic mass is 19.3. The van der Waals surface area contributed by atoms with Crippen LogP contribution >= 0.6 is 0 Å². The van der Waals surface area contributed by atoms with Crippen molar-refractivity contribution >= 4 is 33.6 Å². The van der Waals surface area contributed by atoms with E-state index in [1.165, 1.54) is 12.5 Å². The smallest absolute Gasteiger partial charge is 0.317 e. The van der Waals surface area contributed by atoms with Gasteiger partial charge in [0.05, 0.1) is 30.1 Å². The normalized spacial score (nSPS) is 16.8. The maximum Gasteiger partial charge on any atom is 0.317 e. The first-order valence-corrected chi connectivity index (χ1v) is 11.6. The summed E-state index contributed by atoms with van der Waals surface area (Å²) < 4.78 is 41.3. The van der Waals surface area contributed by atoms with E-state index >= 15 is 0 Å². The van der Waals surface area contributed by atoms with Gasteiger partial charge in [-0.25, -0.2) is 28.7 Å². The van der Waals surface area contributed by atoms with Crippen molar-refractivity contribution in [3.8, 4) is 17.5 Å². The van der Waals surface area contributed by atoms with E-state index in [1.54, 1.807) is 6.33 Å². The van der Waals surface area contributed by atoms with Gasteiger partial charge in [0.15, 0.2) is 11.9 Å². The van der Waals surface area contributed by atoms with Crippen molar-refractivity contribution in [1.29, 1.82) is 0 Å². The quantitative estimate of drug-likeness (QED) is 0.352. The standard InChI is InChI=1S/C25H22F2N8O2/c1-14-7-15(3-6-20(14)36-16-4-5-19-17(8-16)32-13-35(19)2)33-23-22-18(30-12-31-23)9-29-24(34-22)37-21-10-28-11-25(21,26)27/h3-9,12-13,21,28H,10-11H2,1-2H3,(H,30,31,33)/t21-/m1/s1. The minimum atomic E-state index is -3.00. The van der Waals surface area contributed by atoms with E-state index in [0.29, 0.717) is 28.4 Å². The van der Waals surface area contributed by atoms with Gasteiger partial charge in [0.1, 0.15) is 28.9 Å². The molecule has 0 amide bonds. The number of alkyl halides is 2. The molecule has 188 valence electrons. The number of imidazole rings is 1. The van der Waals surface area contributed by atoms with Gasteiger partial charge in [0, 0.05) is 25.3 Å². The number of nitrogens with zero attached hydrogens (tertiary/aromatic N) is 6. The zero-order valence-corrected chi connectivity index (χ0v) is 19.9. The fraction of sp³-hybridized carbons (Fsp3) is 0.240. The Morgan fingerprint density at radius 1 is 1.08 bits per heavy atom. The average molecular weight is 505 g/mol. The van der Waals surface area contributed by atoms with E-state index in [1.807, 2.05) is 54.9 Å². The third-order valence-electron chi connectivity index (χ3n) is 6.13. The highest BCUT2D eigenvalue weighted by molar-refractivity contribution is 5.86. The molecule has 12 heteroatoms. The van der Waals surface area contributed by atoms with E-state index in [4.69, 9.17) is 9.47 Å². The van der Waals surface area contributed by atoms with E-state index in [0.717, 1.165) is 22.3 Å². The van der Waals surface area contributed by atoms with Crippen LogP contribution in [0.15, 0.2) is 55.2 Å². The Bertz CT molecular complexity index is 1620. The number of hydrogen-bond acceptors (Lipinski definition) is 9. The first kappa shape index (κ1) is 23.0. The Labute approximate surface area is 209 Å². The van der Waals surface area contributed by atoms with Crippen LogP contribution in [0.2, 0.25) is 0 Å². The molecule has 6 rings (SSSR count). The molecular weight excluding hydrogens is 482 g/mol. The lowest BCUT2D eigenvalue weighted by Crippen LogP contribution is -2.36. The van der Waals surface area contributed by atoms with Gasteiger partial charge in [-0.15, -0.1) is 0 Å². The van der Waals surface area contributed by atoms with Crippen molar-refractivity contribution in [3.05, 3.63) is 60.8 Å². The molecule has 0 saturated carbocycles. The fourth-order valence-electron chi connectivity index (χ4n) is 4.16. The second kappa shape index (κ2) is 8.89. The number of fused-ring (bicyclic) bond motifs is 2. The molecule has 0 bridgehead atoms. The predicted molar refractivity (Wildman–Crippen MR) is 133 cm³/mol. The molecule has 2 aromatic carbocycles. The fourth-order valence-corrected chi connectivity index (χ4v) is 4.16. The molecule has 4 heterocycles. The zero-order chi connectivity index (χ0) is 25.6.